The van der Waals surface area contributed by atoms with E-state index in [0.717, 1.165) is 0 Å². The van der Waals surface area contributed by atoms with Crippen LogP contribution in [0.15, 0.2) is 36.4 Å². The molecule has 8 heteroatoms. The SMILES string of the molecule is CCC(Oc1ccc(Cl)cc1)C(=O)O.O=C(O)/C=C\C(=O)O. The van der Waals surface area contributed by atoms with E-state index in [1.807, 2.05) is 0 Å². The number of halogens is 1. The van der Waals surface area contributed by atoms with Crippen LogP contribution >= 0.6 is 11.6 Å². The Morgan fingerprint density at radius 1 is 1.09 bits per heavy atom. The summed E-state index contributed by atoms with van der Waals surface area (Å²) in [4.78, 5) is 29.8. The Morgan fingerprint density at radius 3 is 1.86 bits per heavy atom. The van der Waals surface area contributed by atoms with Gasteiger partial charge in [-0.1, -0.05) is 18.5 Å². The van der Waals surface area contributed by atoms with E-state index in [2.05, 4.69) is 0 Å². The van der Waals surface area contributed by atoms with Gasteiger partial charge in [-0.25, -0.2) is 14.4 Å². The van der Waals surface area contributed by atoms with Crippen LogP contribution in [0.5, 0.6) is 5.75 Å². The predicted octanol–water partition coefficient (Wildman–Crippen LogP) is 2.29. The lowest BCUT2D eigenvalue weighted by Crippen LogP contribution is -2.25. The van der Waals surface area contributed by atoms with Crippen molar-refractivity contribution in [2.24, 2.45) is 0 Å². The summed E-state index contributed by atoms with van der Waals surface area (Å²) >= 11 is 5.67. The Balaban J connectivity index is 0.000000472. The third-order valence-corrected chi connectivity index (χ3v) is 2.36. The summed E-state index contributed by atoms with van der Waals surface area (Å²) < 4.78 is 5.22. The molecule has 0 saturated carbocycles. The lowest BCUT2D eigenvalue weighted by molar-refractivity contribution is -0.145. The molecule has 0 amide bonds. The molecule has 0 heterocycles. The van der Waals surface area contributed by atoms with Crippen molar-refractivity contribution in [3.63, 3.8) is 0 Å². The van der Waals surface area contributed by atoms with Gasteiger partial charge in [0.15, 0.2) is 6.10 Å². The van der Waals surface area contributed by atoms with Crippen molar-refractivity contribution in [1.82, 2.24) is 0 Å². The maximum atomic E-state index is 10.7. The molecule has 0 aliphatic carbocycles. The van der Waals surface area contributed by atoms with Gasteiger partial charge in [-0.2, -0.15) is 0 Å². The highest BCUT2D eigenvalue weighted by molar-refractivity contribution is 6.30. The van der Waals surface area contributed by atoms with Gasteiger partial charge < -0.3 is 20.1 Å². The highest BCUT2D eigenvalue weighted by Gasteiger charge is 2.16. The van der Waals surface area contributed by atoms with Crippen LogP contribution in [0.2, 0.25) is 5.02 Å². The van der Waals surface area contributed by atoms with Crippen LogP contribution in [0.4, 0.5) is 0 Å². The Labute approximate surface area is 131 Å². The first-order valence-electron chi connectivity index (χ1n) is 6.05. The van der Waals surface area contributed by atoms with Crippen LogP contribution in [-0.4, -0.2) is 39.3 Å². The summed E-state index contributed by atoms with van der Waals surface area (Å²) in [5.74, 6) is -2.95. The molecule has 7 nitrogen and oxygen atoms in total. The molecule has 1 aromatic carbocycles. The van der Waals surface area contributed by atoms with Crippen LogP contribution in [0.1, 0.15) is 13.3 Å². The number of benzene rings is 1. The maximum absolute atomic E-state index is 10.7. The number of hydrogen-bond acceptors (Lipinski definition) is 4. The molecule has 1 unspecified atom stereocenters. The fourth-order valence-corrected chi connectivity index (χ4v) is 1.25. The molecule has 0 aliphatic rings. The first-order chi connectivity index (χ1) is 10.3. The molecule has 3 N–H and O–H groups in total. The average molecular weight is 331 g/mol. The van der Waals surface area contributed by atoms with Gasteiger partial charge in [-0.3, -0.25) is 0 Å². The average Bonchev–Trinajstić information content (AvgIpc) is 2.45. The topological polar surface area (TPSA) is 121 Å². The third kappa shape index (κ3) is 9.38. The number of ether oxygens (including phenoxy) is 1. The summed E-state index contributed by atoms with van der Waals surface area (Å²) in [6, 6.07) is 6.61. The molecule has 0 aromatic heterocycles. The molecule has 0 spiro atoms. The van der Waals surface area contributed by atoms with Gasteiger partial charge in [-0.05, 0) is 30.7 Å². The molecule has 1 rings (SSSR count). The molecule has 0 fully saturated rings. The largest absolute Gasteiger partial charge is 0.479 e. The van der Waals surface area contributed by atoms with Crippen molar-refractivity contribution in [2.75, 3.05) is 0 Å². The second-order valence-corrected chi connectivity index (χ2v) is 4.25. The van der Waals surface area contributed by atoms with Crippen molar-refractivity contribution in [2.45, 2.75) is 19.4 Å². The van der Waals surface area contributed by atoms with E-state index in [-0.39, 0.29) is 0 Å². The third-order valence-electron chi connectivity index (χ3n) is 2.11. The highest BCUT2D eigenvalue weighted by atomic mass is 35.5. The van der Waals surface area contributed by atoms with Crippen molar-refractivity contribution in [1.29, 1.82) is 0 Å². The summed E-state index contributed by atoms with van der Waals surface area (Å²) in [5, 5.41) is 25.0. The highest BCUT2D eigenvalue weighted by Crippen LogP contribution is 2.17. The molecule has 22 heavy (non-hydrogen) atoms. The van der Waals surface area contributed by atoms with E-state index in [1.54, 1.807) is 31.2 Å². The monoisotopic (exact) mass is 330 g/mol. The molecule has 1 atom stereocenters. The van der Waals surface area contributed by atoms with E-state index >= 15 is 0 Å². The molecule has 0 aliphatic heterocycles. The molecule has 1 aromatic rings. The zero-order valence-electron chi connectivity index (χ0n) is 11.6. The number of carboxylic acids is 3. The first-order valence-corrected chi connectivity index (χ1v) is 6.43. The van der Waals surface area contributed by atoms with Gasteiger partial charge in [0.2, 0.25) is 0 Å². The van der Waals surface area contributed by atoms with E-state index in [9.17, 15) is 14.4 Å². The Bertz CT molecular complexity index is 521. The first kappa shape index (κ1) is 19.5. The van der Waals surface area contributed by atoms with E-state index in [4.69, 9.17) is 31.7 Å². The summed E-state index contributed by atoms with van der Waals surface area (Å²) in [5.41, 5.74) is 0. The van der Waals surface area contributed by atoms with Crippen molar-refractivity contribution >= 4 is 29.5 Å². The Hall–Kier alpha value is -2.54. The zero-order valence-corrected chi connectivity index (χ0v) is 12.4. The van der Waals surface area contributed by atoms with Crippen molar-refractivity contribution in [3.8, 4) is 5.75 Å². The minimum atomic E-state index is -1.26. The van der Waals surface area contributed by atoms with Gasteiger partial charge in [0.25, 0.3) is 0 Å². The van der Waals surface area contributed by atoms with Crippen LogP contribution in [0.3, 0.4) is 0 Å². The molecule has 120 valence electrons. The molecule has 0 saturated heterocycles. The molecule has 0 radical (unpaired) electrons. The second kappa shape index (κ2) is 10.2. The summed E-state index contributed by atoms with van der Waals surface area (Å²) in [6.45, 7) is 1.76. The zero-order chi connectivity index (χ0) is 17.1. The number of hydrogen-bond donors (Lipinski definition) is 3. The van der Waals surface area contributed by atoms with Gasteiger partial charge in [-0.15, -0.1) is 0 Å². The molecular formula is C14H15ClO7. The maximum Gasteiger partial charge on any atom is 0.344 e. The fraction of sp³-hybridized carbons (Fsp3) is 0.214. The van der Waals surface area contributed by atoms with E-state index < -0.39 is 24.0 Å². The normalized spacial score (nSPS) is 11.2. The smallest absolute Gasteiger partial charge is 0.344 e. The number of aliphatic carboxylic acids is 3. The predicted molar refractivity (Wildman–Crippen MR) is 78.2 cm³/mol. The van der Waals surface area contributed by atoms with Gasteiger partial charge in [0.05, 0.1) is 0 Å². The van der Waals surface area contributed by atoms with Crippen molar-refractivity contribution in [3.05, 3.63) is 41.4 Å². The van der Waals surface area contributed by atoms with Crippen LogP contribution < -0.4 is 4.74 Å². The van der Waals surface area contributed by atoms with E-state index in [0.29, 0.717) is 29.3 Å². The lowest BCUT2D eigenvalue weighted by atomic mass is 10.3. The fourth-order valence-electron chi connectivity index (χ4n) is 1.13. The minimum Gasteiger partial charge on any atom is -0.479 e. The molecule has 0 bridgehead atoms. The van der Waals surface area contributed by atoms with Crippen LogP contribution in [0, 0.1) is 0 Å². The van der Waals surface area contributed by atoms with Crippen molar-refractivity contribution < 1.29 is 34.4 Å². The van der Waals surface area contributed by atoms with E-state index in [1.165, 1.54) is 0 Å². The number of carboxylic acid groups (broad SMARTS) is 3. The van der Waals surface area contributed by atoms with Gasteiger partial charge in [0, 0.05) is 17.2 Å². The molecular weight excluding hydrogens is 316 g/mol. The quantitative estimate of drug-likeness (QED) is 0.684. The number of carbonyl (C=O) groups is 3. The summed E-state index contributed by atoms with van der Waals surface area (Å²) in [6.07, 6.45) is 0.749. The van der Waals surface area contributed by atoms with Gasteiger partial charge in [0.1, 0.15) is 5.75 Å². The Kier molecular flexibility index (Phi) is 9.04. The lowest BCUT2D eigenvalue weighted by Gasteiger charge is -2.12. The van der Waals surface area contributed by atoms with Crippen LogP contribution in [0.25, 0.3) is 0 Å². The summed E-state index contributed by atoms with van der Waals surface area (Å²) in [7, 11) is 0. The standard InChI is InChI=1S/C10H11ClO3.C4H4O4/c1-2-9(10(12)13)14-8-5-3-7(11)4-6-8;5-3(6)1-2-4(7)8/h3-6,9H,2H2,1H3,(H,12,13);1-2H,(H,5,6)(H,7,8)/b;2-1-. The van der Waals surface area contributed by atoms with Crippen LogP contribution in [-0.2, 0) is 14.4 Å². The second-order valence-electron chi connectivity index (χ2n) is 3.82. The minimum absolute atomic E-state index is 0.429. The number of rotatable bonds is 6. The van der Waals surface area contributed by atoms with Gasteiger partial charge >= 0.3 is 17.9 Å². The Morgan fingerprint density at radius 2 is 1.55 bits per heavy atom.